The van der Waals surface area contributed by atoms with Crippen molar-refractivity contribution in [1.29, 1.82) is 0 Å². The molecule has 1 aliphatic heterocycles. The highest BCUT2D eigenvalue weighted by atomic mass is 35.5. The second-order valence-electron chi connectivity index (χ2n) is 5.62. The van der Waals surface area contributed by atoms with Gasteiger partial charge in [-0.15, -0.1) is 0 Å². The summed E-state index contributed by atoms with van der Waals surface area (Å²) >= 11 is 23.9. The summed E-state index contributed by atoms with van der Waals surface area (Å²) in [6, 6.07) is 10.5. The van der Waals surface area contributed by atoms with E-state index in [-0.39, 0.29) is 5.78 Å². The fourth-order valence-electron chi connectivity index (χ4n) is 2.54. The second kappa shape index (κ2) is 7.94. The Morgan fingerprint density at radius 2 is 1.16 bits per heavy atom. The first-order chi connectivity index (χ1) is 11.9. The number of carbonyl (C=O) groups excluding carboxylic acids is 1. The Kier molecular flexibility index (Phi) is 5.88. The van der Waals surface area contributed by atoms with Crippen molar-refractivity contribution in [3.63, 3.8) is 0 Å². The van der Waals surface area contributed by atoms with Crippen molar-refractivity contribution in [2.45, 2.75) is 0 Å². The summed E-state index contributed by atoms with van der Waals surface area (Å²) in [7, 11) is 0. The third-order valence-electron chi connectivity index (χ3n) is 3.78. The third kappa shape index (κ3) is 4.46. The number of rotatable bonds is 2. The number of nitrogens with one attached hydrogen (secondary N) is 1. The van der Waals surface area contributed by atoms with Gasteiger partial charge in [-0.3, -0.25) is 4.79 Å². The van der Waals surface area contributed by atoms with Gasteiger partial charge in [-0.2, -0.15) is 0 Å². The average molecular weight is 413 g/mol. The van der Waals surface area contributed by atoms with Crippen molar-refractivity contribution in [3.05, 3.63) is 78.8 Å². The number of carbonyl (C=O) groups is 1. The van der Waals surface area contributed by atoms with Crippen LogP contribution in [0.5, 0.6) is 0 Å². The molecule has 0 atom stereocenters. The lowest BCUT2D eigenvalue weighted by molar-refractivity contribution is -0.112. The van der Waals surface area contributed by atoms with Gasteiger partial charge in [0.25, 0.3) is 0 Å². The molecule has 1 fully saturated rings. The van der Waals surface area contributed by atoms with E-state index in [0.717, 1.165) is 11.1 Å². The molecule has 1 saturated heterocycles. The van der Waals surface area contributed by atoms with Crippen LogP contribution in [0.3, 0.4) is 0 Å². The molecule has 3 rings (SSSR count). The van der Waals surface area contributed by atoms with Crippen molar-refractivity contribution in [3.8, 4) is 0 Å². The number of piperidine rings is 1. The van der Waals surface area contributed by atoms with E-state index in [1.54, 1.807) is 24.3 Å². The van der Waals surface area contributed by atoms with Gasteiger partial charge in [-0.25, -0.2) is 0 Å². The highest BCUT2D eigenvalue weighted by Crippen LogP contribution is 2.26. The summed E-state index contributed by atoms with van der Waals surface area (Å²) in [4.78, 5) is 12.7. The summed E-state index contributed by atoms with van der Waals surface area (Å²) in [6.07, 6.45) is 3.64. The van der Waals surface area contributed by atoms with Crippen molar-refractivity contribution < 1.29 is 4.79 Å². The number of benzene rings is 2. The molecule has 0 radical (unpaired) electrons. The Labute approximate surface area is 166 Å². The van der Waals surface area contributed by atoms with E-state index < -0.39 is 0 Å². The van der Waals surface area contributed by atoms with E-state index in [1.807, 2.05) is 24.3 Å². The van der Waals surface area contributed by atoms with Crippen molar-refractivity contribution >= 4 is 64.3 Å². The molecule has 1 N–H and O–H groups in total. The van der Waals surface area contributed by atoms with Gasteiger partial charge >= 0.3 is 0 Å². The fraction of sp³-hybridized carbons (Fsp3) is 0.105. The highest BCUT2D eigenvalue weighted by Gasteiger charge is 2.20. The van der Waals surface area contributed by atoms with Crippen LogP contribution in [0.4, 0.5) is 0 Å². The number of hydrogen-bond acceptors (Lipinski definition) is 2. The van der Waals surface area contributed by atoms with Gasteiger partial charge in [-0.05, 0) is 47.5 Å². The van der Waals surface area contributed by atoms with Gasteiger partial charge in [-0.1, -0.05) is 58.5 Å². The zero-order valence-electron chi connectivity index (χ0n) is 13.0. The predicted octanol–water partition coefficient (Wildman–Crippen LogP) is 5.94. The van der Waals surface area contributed by atoms with E-state index in [2.05, 4.69) is 5.32 Å². The summed E-state index contributed by atoms with van der Waals surface area (Å²) in [5.74, 6) is -0.00380. The van der Waals surface area contributed by atoms with Gasteiger partial charge in [0.1, 0.15) is 0 Å². The zero-order chi connectivity index (χ0) is 18.0. The van der Waals surface area contributed by atoms with Crippen LogP contribution >= 0.6 is 46.4 Å². The molecule has 2 nitrogen and oxygen atoms in total. The van der Waals surface area contributed by atoms with E-state index in [4.69, 9.17) is 46.4 Å². The molecule has 0 aromatic heterocycles. The van der Waals surface area contributed by atoms with E-state index in [9.17, 15) is 4.79 Å². The average Bonchev–Trinajstić information content (AvgIpc) is 2.58. The molecule has 6 heteroatoms. The molecule has 0 unspecified atom stereocenters. The van der Waals surface area contributed by atoms with E-state index in [0.29, 0.717) is 44.3 Å². The lowest BCUT2D eigenvalue weighted by Crippen LogP contribution is -2.32. The van der Waals surface area contributed by atoms with Crippen LogP contribution < -0.4 is 5.32 Å². The SMILES string of the molecule is O=C1C(=Cc2ccc(Cl)c(Cl)c2)CNCC1=Cc1ccc(Cl)c(Cl)c1. The monoisotopic (exact) mass is 411 g/mol. The van der Waals surface area contributed by atoms with Gasteiger partial charge < -0.3 is 5.32 Å². The van der Waals surface area contributed by atoms with Crippen LogP contribution in [0.1, 0.15) is 11.1 Å². The minimum Gasteiger partial charge on any atom is -0.308 e. The lowest BCUT2D eigenvalue weighted by Gasteiger charge is -2.18. The summed E-state index contributed by atoms with van der Waals surface area (Å²) in [6.45, 7) is 0.996. The van der Waals surface area contributed by atoms with Crippen LogP contribution in [-0.4, -0.2) is 18.9 Å². The smallest absolute Gasteiger partial charge is 0.187 e. The molecule has 25 heavy (non-hydrogen) atoms. The Morgan fingerprint density at radius 3 is 1.56 bits per heavy atom. The molecule has 0 aliphatic carbocycles. The number of hydrogen-bond donors (Lipinski definition) is 1. The van der Waals surface area contributed by atoms with E-state index >= 15 is 0 Å². The van der Waals surface area contributed by atoms with E-state index in [1.165, 1.54) is 0 Å². The minimum atomic E-state index is -0.00380. The Bertz CT molecular complexity index is 831. The van der Waals surface area contributed by atoms with Crippen LogP contribution in [0.2, 0.25) is 20.1 Å². The Balaban J connectivity index is 1.89. The highest BCUT2D eigenvalue weighted by molar-refractivity contribution is 6.42. The molecule has 2 aromatic rings. The molecule has 0 bridgehead atoms. The predicted molar refractivity (Wildman–Crippen MR) is 107 cm³/mol. The standard InChI is InChI=1S/C19H13Cl4NO/c20-15-3-1-11(7-17(15)22)5-13-9-24-10-14(19(13)25)6-12-2-4-16(21)18(23)8-12/h1-8,24H,9-10H2. The molecule has 0 amide bonds. The maximum absolute atomic E-state index is 12.7. The molecule has 128 valence electrons. The molecular formula is C19H13Cl4NO. The number of halogens is 4. The van der Waals surface area contributed by atoms with Gasteiger partial charge in [0, 0.05) is 24.2 Å². The maximum atomic E-state index is 12.7. The van der Waals surface area contributed by atoms with Crippen molar-refractivity contribution in [2.75, 3.05) is 13.1 Å². The quantitative estimate of drug-likeness (QED) is 0.618. The normalized spacial score (nSPS) is 18.2. The van der Waals surface area contributed by atoms with Crippen LogP contribution in [0.25, 0.3) is 12.2 Å². The molecule has 1 aliphatic rings. The summed E-state index contributed by atoms with van der Waals surface area (Å²) < 4.78 is 0. The van der Waals surface area contributed by atoms with Crippen LogP contribution in [-0.2, 0) is 4.79 Å². The topological polar surface area (TPSA) is 29.1 Å². The molecular weight excluding hydrogens is 400 g/mol. The largest absolute Gasteiger partial charge is 0.308 e. The first-order valence-electron chi connectivity index (χ1n) is 7.51. The Hall–Kier alpha value is -1.29. The van der Waals surface area contributed by atoms with Crippen molar-refractivity contribution in [1.82, 2.24) is 5.32 Å². The van der Waals surface area contributed by atoms with Gasteiger partial charge in [0.2, 0.25) is 0 Å². The molecule has 0 spiro atoms. The van der Waals surface area contributed by atoms with Gasteiger partial charge in [0.05, 0.1) is 20.1 Å². The summed E-state index contributed by atoms with van der Waals surface area (Å²) in [5.41, 5.74) is 2.98. The molecule has 1 heterocycles. The minimum absolute atomic E-state index is 0.00380. The van der Waals surface area contributed by atoms with Gasteiger partial charge in [0.15, 0.2) is 5.78 Å². The summed E-state index contributed by atoms with van der Waals surface area (Å²) in [5, 5.41) is 5.11. The van der Waals surface area contributed by atoms with Crippen molar-refractivity contribution in [2.24, 2.45) is 0 Å². The first-order valence-corrected chi connectivity index (χ1v) is 9.02. The number of Topliss-reactive ketones (excluding diaryl/α,β-unsaturated/α-hetero) is 1. The second-order valence-corrected chi connectivity index (χ2v) is 7.25. The first kappa shape index (κ1) is 18.5. The lowest BCUT2D eigenvalue weighted by atomic mass is 9.95. The molecule has 0 saturated carbocycles. The third-order valence-corrected chi connectivity index (χ3v) is 5.26. The maximum Gasteiger partial charge on any atom is 0.187 e. The van der Waals surface area contributed by atoms with Crippen LogP contribution in [0.15, 0.2) is 47.5 Å². The Morgan fingerprint density at radius 1 is 0.720 bits per heavy atom. The number of ketones is 1. The zero-order valence-corrected chi connectivity index (χ0v) is 16.0. The fourth-order valence-corrected chi connectivity index (χ4v) is 3.15. The van der Waals surface area contributed by atoms with Crippen LogP contribution in [0, 0.1) is 0 Å². The molecule has 2 aromatic carbocycles.